The van der Waals surface area contributed by atoms with Crippen molar-refractivity contribution in [2.45, 2.75) is 64.0 Å². The lowest BCUT2D eigenvalue weighted by atomic mass is 9.80. The summed E-state index contributed by atoms with van der Waals surface area (Å²) in [5.74, 6) is 1.14. The summed E-state index contributed by atoms with van der Waals surface area (Å²) in [7, 11) is 0. The molecular weight excluding hydrogens is 342 g/mol. The van der Waals surface area contributed by atoms with E-state index in [4.69, 9.17) is 15.5 Å². The van der Waals surface area contributed by atoms with Crippen LogP contribution in [-0.4, -0.2) is 65.2 Å². The number of ether oxygens (including phenoxy) is 1. The van der Waals surface area contributed by atoms with E-state index < -0.39 is 0 Å². The van der Waals surface area contributed by atoms with E-state index in [1.807, 2.05) is 18.7 Å². The molecule has 2 saturated heterocycles. The van der Waals surface area contributed by atoms with Gasteiger partial charge >= 0.3 is 0 Å². The first-order valence-corrected chi connectivity index (χ1v) is 10.3. The van der Waals surface area contributed by atoms with Crippen LogP contribution in [0.25, 0.3) is 0 Å². The van der Waals surface area contributed by atoms with E-state index >= 15 is 0 Å². The van der Waals surface area contributed by atoms with E-state index in [2.05, 4.69) is 9.88 Å². The van der Waals surface area contributed by atoms with Crippen molar-refractivity contribution in [3.05, 3.63) is 17.1 Å². The van der Waals surface area contributed by atoms with Crippen LogP contribution in [0.4, 0.5) is 5.82 Å². The molecule has 1 aliphatic carbocycles. The molecule has 0 bridgehead atoms. The first-order valence-electron chi connectivity index (χ1n) is 10.3. The third-order valence-electron chi connectivity index (χ3n) is 6.51. The molecular formula is C20H31N5O2. The predicted molar refractivity (Wildman–Crippen MR) is 104 cm³/mol. The number of nitrogens with zero attached hydrogens (tertiary/aromatic N) is 4. The molecule has 7 heteroatoms. The van der Waals surface area contributed by atoms with Crippen molar-refractivity contribution in [2.75, 3.05) is 37.7 Å². The Kier molecular flexibility index (Phi) is 5.07. The largest absolute Gasteiger partial charge is 0.377 e. The van der Waals surface area contributed by atoms with Gasteiger partial charge < -0.3 is 20.3 Å². The molecule has 1 aromatic heterocycles. The quantitative estimate of drug-likeness (QED) is 0.851. The molecule has 1 aromatic rings. The summed E-state index contributed by atoms with van der Waals surface area (Å²) in [5, 5.41) is 0. The van der Waals surface area contributed by atoms with E-state index in [1.54, 1.807) is 0 Å². The molecule has 1 amide bonds. The maximum Gasteiger partial charge on any atom is 0.292 e. The molecule has 4 rings (SSSR count). The first-order chi connectivity index (χ1) is 13.0. The zero-order valence-corrected chi connectivity index (χ0v) is 16.5. The number of morpholine rings is 1. The van der Waals surface area contributed by atoms with Crippen LogP contribution >= 0.6 is 0 Å². The van der Waals surface area contributed by atoms with Gasteiger partial charge in [0.25, 0.3) is 5.91 Å². The molecule has 148 valence electrons. The number of anilines is 1. The Morgan fingerprint density at radius 1 is 1.19 bits per heavy atom. The van der Waals surface area contributed by atoms with Crippen LogP contribution in [0.5, 0.6) is 0 Å². The second-order valence-electron chi connectivity index (χ2n) is 8.37. The smallest absolute Gasteiger partial charge is 0.292 e. The molecule has 1 saturated carbocycles. The zero-order valence-electron chi connectivity index (χ0n) is 16.5. The molecule has 2 N–H and O–H groups in total. The van der Waals surface area contributed by atoms with Crippen LogP contribution < -0.4 is 10.6 Å². The van der Waals surface area contributed by atoms with Crippen LogP contribution in [0.1, 0.15) is 60.4 Å². The Bertz CT molecular complexity index is 708. The molecule has 7 nitrogen and oxygen atoms in total. The number of aryl methyl sites for hydroxylation is 1. The average Bonchev–Trinajstić information content (AvgIpc) is 3.10. The minimum Gasteiger partial charge on any atom is -0.377 e. The van der Waals surface area contributed by atoms with Gasteiger partial charge in [0, 0.05) is 36.9 Å². The normalized spacial score (nSPS) is 25.2. The SMILES string of the molecule is Cc1nc(C(=O)N2CCOCC23CCCCC3)nc(N2CC[C@@H](N)C2)c1C. The lowest BCUT2D eigenvalue weighted by Crippen LogP contribution is -2.60. The maximum atomic E-state index is 13.5. The van der Waals surface area contributed by atoms with E-state index in [0.717, 1.165) is 62.3 Å². The van der Waals surface area contributed by atoms with Gasteiger partial charge in [-0.25, -0.2) is 9.97 Å². The number of nitrogens with two attached hydrogens (primary N) is 1. The van der Waals surface area contributed by atoms with Gasteiger partial charge in [0.1, 0.15) is 5.82 Å². The summed E-state index contributed by atoms with van der Waals surface area (Å²) in [6.45, 7) is 7.51. The topological polar surface area (TPSA) is 84.6 Å². The molecule has 0 unspecified atom stereocenters. The van der Waals surface area contributed by atoms with Crippen molar-refractivity contribution in [2.24, 2.45) is 5.73 Å². The maximum absolute atomic E-state index is 13.5. The van der Waals surface area contributed by atoms with Crippen molar-refractivity contribution >= 4 is 11.7 Å². The number of carbonyl (C=O) groups is 1. The van der Waals surface area contributed by atoms with Gasteiger partial charge in [-0.3, -0.25) is 4.79 Å². The minimum absolute atomic E-state index is 0.0481. The highest BCUT2D eigenvalue weighted by atomic mass is 16.5. The third kappa shape index (κ3) is 3.43. The molecule has 1 spiro atoms. The van der Waals surface area contributed by atoms with Crippen molar-refractivity contribution in [1.29, 1.82) is 0 Å². The highest BCUT2D eigenvalue weighted by molar-refractivity contribution is 5.91. The Morgan fingerprint density at radius 3 is 2.67 bits per heavy atom. The van der Waals surface area contributed by atoms with Gasteiger partial charge in [0.2, 0.25) is 5.82 Å². The van der Waals surface area contributed by atoms with Crippen molar-refractivity contribution < 1.29 is 9.53 Å². The van der Waals surface area contributed by atoms with Crippen LogP contribution in [0, 0.1) is 13.8 Å². The number of hydrogen-bond donors (Lipinski definition) is 1. The summed E-state index contributed by atoms with van der Waals surface area (Å²) < 4.78 is 5.78. The summed E-state index contributed by atoms with van der Waals surface area (Å²) in [4.78, 5) is 27.0. The van der Waals surface area contributed by atoms with E-state index in [1.165, 1.54) is 6.42 Å². The Morgan fingerprint density at radius 2 is 1.96 bits per heavy atom. The summed E-state index contributed by atoms with van der Waals surface area (Å²) >= 11 is 0. The highest BCUT2D eigenvalue weighted by Crippen LogP contribution is 2.36. The van der Waals surface area contributed by atoms with Gasteiger partial charge in [0.05, 0.1) is 18.8 Å². The van der Waals surface area contributed by atoms with E-state index in [0.29, 0.717) is 25.6 Å². The fourth-order valence-corrected chi connectivity index (χ4v) is 4.79. The Balaban J connectivity index is 1.65. The van der Waals surface area contributed by atoms with E-state index in [-0.39, 0.29) is 17.5 Å². The molecule has 3 aliphatic rings. The number of rotatable bonds is 2. The van der Waals surface area contributed by atoms with Crippen LogP contribution in [-0.2, 0) is 4.74 Å². The predicted octanol–water partition coefficient (Wildman–Crippen LogP) is 1.81. The van der Waals surface area contributed by atoms with Crippen molar-refractivity contribution in [1.82, 2.24) is 14.9 Å². The van der Waals surface area contributed by atoms with E-state index in [9.17, 15) is 4.79 Å². The Hall–Kier alpha value is -1.73. The van der Waals surface area contributed by atoms with Crippen LogP contribution in [0.3, 0.4) is 0 Å². The summed E-state index contributed by atoms with van der Waals surface area (Å²) in [6.07, 6.45) is 6.52. The van der Waals surface area contributed by atoms with Gasteiger partial charge in [0.15, 0.2) is 0 Å². The number of hydrogen-bond acceptors (Lipinski definition) is 6. The number of aromatic nitrogens is 2. The molecule has 0 aromatic carbocycles. The molecule has 3 heterocycles. The fraction of sp³-hybridized carbons (Fsp3) is 0.750. The molecule has 3 fully saturated rings. The standard InChI is InChI=1S/C20H31N5O2/c1-14-15(2)22-17(23-18(14)24-9-6-16(21)12-24)19(26)25-10-11-27-13-20(25)7-4-3-5-8-20/h16H,3-13,21H2,1-2H3/t16-/m1/s1. The van der Waals surface area contributed by atoms with Crippen molar-refractivity contribution in [3.63, 3.8) is 0 Å². The molecule has 0 radical (unpaired) electrons. The zero-order chi connectivity index (χ0) is 19.0. The monoisotopic (exact) mass is 373 g/mol. The first kappa shape index (κ1) is 18.6. The van der Waals surface area contributed by atoms with Crippen molar-refractivity contribution in [3.8, 4) is 0 Å². The van der Waals surface area contributed by atoms with Crippen LogP contribution in [0.2, 0.25) is 0 Å². The van der Waals surface area contributed by atoms with Gasteiger partial charge in [-0.15, -0.1) is 0 Å². The molecule has 2 aliphatic heterocycles. The van der Waals surface area contributed by atoms with Crippen LogP contribution in [0.15, 0.2) is 0 Å². The average molecular weight is 374 g/mol. The second kappa shape index (κ2) is 7.36. The number of amides is 1. The van der Waals surface area contributed by atoms with Gasteiger partial charge in [-0.05, 0) is 33.1 Å². The lowest BCUT2D eigenvalue weighted by Gasteiger charge is -2.48. The summed E-state index contributed by atoms with van der Waals surface area (Å²) in [5.41, 5.74) is 7.82. The third-order valence-corrected chi connectivity index (χ3v) is 6.51. The van der Waals surface area contributed by atoms with Gasteiger partial charge in [-0.1, -0.05) is 19.3 Å². The molecule has 1 atom stereocenters. The number of carbonyl (C=O) groups excluding carboxylic acids is 1. The Labute approximate surface area is 161 Å². The molecule has 27 heavy (non-hydrogen) atoms. The second-order valence-corrected chi connectivity index (χ2v) is 8.37. The lowest BCUT2D eigenvalue weighted by molar-refractivity contribution is -0.0686. The minimum atomic E-state index is -0.175. The fourth-order valence-electron chi connectivity index (χ4n) is 4.79. The van der Waals surface area contributed by atoms with Gasteiger partial charge in [-0.2, -0.15) is 0 Å². The highest BCUT2D eigenvalue weighted by Gasteiger charge is 2.44. The summed E-state index contributed by atoms with van der Waals surface area (Å²) in [6, 6.07) is 0.170.